The van der Waals surface area contributed by atoms with E-state index in [4.69, 9.17) is 5.73 Å². The van der Waals surface area contributed by atoms with E-state index in [-0.39, 0.29) is 16.6 Å². The zero-order chi connectivity index (χ0) is 18.1. The van der Waals surface area contributed by atoms with Crippen molar-refractivity contribution in [3.05, 3.63) is 53.6 Å². The normalized spacial score (nSPS) is 12.1. The molecule has 8 heteroatoms. The number of H-pyrrole nitrogens is 1. The highest BCUT2D eigenvalue weighted by molar-refractivity contribution is 6.03. The summed E-state index contributed by atoms with van der Waals surface area (Å²) < 4.78 is 28.4. The van der Waals surface area contributed by atoms with Gasteiger partial charge < -0.3 is 11.1 Å². The number of nitrogens with two attached hydrogens (primary N) is 1. The van der Waals surface area contributed by atoms with E-state index in [0.717, 1.165) is 0 Å². The lowest BCUT2D eigenvalue weighted by atomic mass is 10.0. The lowest BCUT2D eigenvalue weighted by Gasteiger charge is -2.11. The molecule has 0 aliphatic rings. The molecule has 1 aromatic heterocycles. The molecular formula is C17H14F2N4O2. The number of benzene rings is 2. The maximum atomic E-state index is 14.9. The molecule has 4 N–H and O–H groups in total. The summed E-state index contributed by atoms with van der Waals surface area (Å²) in [6.45, 7) is 1.40. The van der Waals surface area contributed by atoms with E-state index in [1.54, 1.807) is 6.07 Å². The zero-order valence-electron chi connectivity index (χ0n) is 13.1. The Balaban J connectivity index is 2.09. The summed E-state index contributed by atoms with van der Waals surface area (Å²) in [5.74, 6) is -2.83. The predicted molar refractivity (Wildman–Crippen MR) is 87.6 cm³/mol. The number of aromatic nitrogens is 2. The van der Waals surface area contributed by atoms with Gasteiger partial charge in [-0.15, -0.1) is 0 Å². The number of rotatable bonds is 4. The molecule has 0 saturated carbocycles. The predicted octanol–water partition coefficient (Wildman–Crippen LogP) is 2.11. The van der Waals surface area contributed by atoms with E-state index in [1.807, 2.05) is 0 Å². The molecule has 3 rings (SSSR count). The van der Waals surface area contributed by atoms with Gasteiger partial charge in [-0.1, -0.05) is 12.1 Å². The highest BCUT2D eigenvalue weighted by Gasteiger charge is 2.21. The van der Waals surface area contributed by atoms with Gasteiger partial charge in [0.05, 0.1) is 16.5 Å². The second-order valence-corrected chi connectivity index (χ2v) is 5.53. The number of amides is 2. The van der Waals surface area contributed by atoms with Crippen LogP contribution >= 0.6 is 0 Å². The summed E-state index contributed by atoms with van der Waals surface area (Å²) in [5, 5.41) is 9.05. The number of carbonyl (C=O) groups excluding carboxylic acids is 2. The molecule has 1 unspecified atom stereocenters. The highest BCUT2D eigenvalue weighted by atomic mass is 19.1. The van der Waals surface area contributed by atoms with Crippen LogP contribution in [-0.4, -0.2) is 28.1 Å². The smallest absolute Gasteiger partial charge is 0.254 e. The van der Waals surface area contributed by atoms with Gasteiger partial charge in [-0.25, -0.2) is 8.78 Å². The summed E-state index contributed by atoms with van der Waals surface area (Å²) in [7, 11) is 0. The van der Waals surface area contributed by atoms with Gasteiger partial charge >= 0.3 is 0 Å². The molecule has 0 saturated heterocycles. The van der Waals surface area contributed by atoms with Crippen LogP contribution in [0.3, 0.4) is 0 Å². The van der Waals surface area contributed by atoms with Crippen molar-refractivity contribution in [1.29, 1.82) is 0 Å². The molecule has 1 heterocycles. The van der Waals surface area contributed by atoms with Crippen LogP contribution in [0.25, 0.3) is 22.2 Å². The van der Waals surface area contributed by atoms with Crippen molar-refractivity contribution >= 4 is 22.7 Å². The summed E-state index contributed by atoms with van der Waals surface area (Å²) in [6, 6.07) is 7.35. The average molecular weight is 344 g/mol. The molecule has 2 amide bonds. The first-order chi connectivity index (χ1) is 11.9. The molecule has 2 aromatic carbocycles. The number of halogens is 2. The van der Waals surface area contributed by atoms with Crippen LogP contribution in [0.4, 0.5) is 8.78 Å². The van der Waals surface area contributed by atoms with Gasteiger partial charge in [-0.2, -0.15) is 5.10 Å². The molecule has 6 nitrogen and oxygen atoms in total. The van der Waals surface area contributed by atoms with E-state index in [0.29, 0.717) is 11.1 Å². The van der Waals surface area contributed by atoms with Gasteiger partial charge in [0.2, 0.25) is 5.91 Å². The first kappa shape index (κ1) is 16.6. The number of nitrogens with zero attached hydrogens (tertiary/aromatic N) is 1. The van der Waals surface area contributed by atoms with Gasteiger partial charge in [0, 0.05) is 5.56 Å². The van der Waals surface area contributed by atoms with Crippen molar-refractivity contribution in [2.24, 2.45) is 5.73 Å². The van der Waals surface area contributed by atoms with Crippen LogP contribution < -0.4 is 11.1 Å². The highest BCUT2D eigenvalue weighted by Crippen LogP contribution is 2.30. The SMILES string of the molecule is CC(NC(=O)c1ccc2[nH]nc(-c3cccc(F)c3)c2c1F)C(N)=O. The minimum atomic E-state index is -0.949. The number of hydrogen-bond acceptors (Lipinski definition) is 3. The first-order valence-electron chi connectivity index (χ1n) is 7.41. The van der Waals surface area contributed by atoms with E-state index in [2.05, 4.69) is 15.5 Å². The molecule has 0 spiro atoms. The van der Waals surface area contributed by atoms with Crippen LogP contribution in [-0.2, 0) is 4.79 Å². The van der Waals surface area contributed by atoms with E-state index in [9.17, 15) is 18.4 Å². The van der Waals surface area contributed by atoms with Crippen LogP contribution in [0.2, 0.25) is 0 Å². The summed E-state index contributed by atoms with van der Waals surface area (Å²) in [6.07, 6.45) is 0. The third-order valence-corrected chi connectivity index (χ3v) is 3.78. The minimum Gasteiger partial charge on any atom is -0.368 e. The summed E-state index contributed by atoms with van der Waals surface area (Å²) in [4.78, 5) is 23.3. The second kappa shape index (κ2) is 6.31. The Morgan fingerprint density at radius 1 is 1.24 bits per heavy atom. The summed E-state index contributed by atoms with van der Waals surface area (Å²) >= 11 is 0. The molecule has 0 fully saturated rings. The molecule has 0 radical (unpaired) electrons. The zero-order valence-corrected chi connectivity index (χ0v) is 13.1. The van der Waals surface area contributed by atoms with Crippen molar-refractivity contribution in [3.8, 4) is 11.3 Å². The summed E-state index contributed by atoms with van der Waals surface area (Å²) in [5.41, 5.74) is 5.74. The molecule has 25 heavy (non-hydrogen) atoms. The fourth-order valence-electron chi connectivity index (χ4n) is 2.44. The van der Waals surface area contributed by atoms with Gasteiger partial charge in [-0.05, 0) is 31.2 Å². The van der Waals surface area contributed by atoms with E-state index < -0.39 is 29.5 Å². The number of aromatic amines is 1. The maximum Gasteiger partial charge on any atom is 0.254 e. The Bertz CT molecular complexity index is 984. The lowest BCUT2D eigenvalue weighted by Crippen LogP contribution is -2.42. The van der Waals surface area contributed by atoms with Crippen LogP contribution in [0.5, 0.6) is 0 Å². The topological polar surface area (TPSA) is 101 Å². The van der Waals surface area contributed by atoms with Gasteiger partial charge in [0.1, 0.15) is 23.4 Å². The monoisotopic (exact) mass is 344 g/mol. The Labute approximate surface area is 141 Å². The molecule has 128 valence electrons. The molecule has 3 aromatic rings. The first-order valence-corrected chi connectivity index (χ1v) is 7.41. The Morgan fingerprint density at radius 2 is 2.00 bits per heavy atom. The van der Waals surface area contributed by atoms with Crippen molar-refractivity contribution in [3.63, 3.8) is 0 Å². The molecule has 0 bridgehead atoms. The van der Waals surface area contributed by atoms with E-state index in [1.165, 1.54) is 37.3 Å². The third kappa shape index (κ3) is 3.06. The average Bonchev–Trinajstić information content (AvgIpc) is 2.99. The Kier molecular flexibility index (Phi) is 4.18. The minimum absolute atomic E-state index is 0.0602. The maximum absolute atomic E-state index is 14.9. The Morgan fingerprint density at radius 3 is 2.68 bits per heavy atom. The number of primary amides is 1. The van der Waals surface area contributed by atoms with Crippen LogP contribution in [0.1, 0.15) is 17.3 Å². The number of fused-ring (bicyclic) bond motifs is 1. The van der Waals surface area contributed by atoms with E-state index >= 15 is 0 Å². The standard InChI is InChI=1S/C17H14F2N4O2/c1-8(16(20)24)21-17(25)11-5-6-12-13(14(11)19)15(23-22-12)9-3-2-4-10(18)7-9/h2-8H,1H3,(H2,20,24)(H,21,25)(H,22,23). The quantitative estimate of drug-likeness (QED) is 0.676. The van der Waals surface area contributed by atoms with Crippen LogP contribution in [0.15, 0.2) is 36.4 Å². The van der Waals surface area contributed by atoms with Crippen molar-refractivity contribution in [2.75, 3.05) is 0 Å². The van der Waals surface area contributed by atoms with Gasteiger partial charge in [0.25, 0.3) is 5.91 Å². The van der Waals surface area contributed by atoms with Crippen molar-refractivity contribution in [1.82, 2.24) is 15.5 Å². The van der Waals surface area contributed by atoms with Crippen LogP contribution in [0, 0.1) is 11.6 Å². The molecular weight excluding hydrogens is 330 g/mol. The number of carbonyl (C=O) groups is 2. The fraction of sp³-hybridized carbons (Fsp3) is 0.118. The second-order valence-electron chi connectivity index (χ2n) is 5.53. The third-order valence-electron chi connectivity index (χ3n) is 3.78. The number of hydrogen-bond donors (Lipinski definition) is 3. The van der Waals surface area contributed by atoms with Gasteiger partial charge in [-0.3, -0.25) is 14.7 Å². The molecule has 1 atom stereocenters. The van der Waals surface area contributed by atoms with Gasteiger partial charge in [0.15, 0.2) is 0 Å². The molecule has 0 aliphatic carbocycles. The fourth-order valence-corrected chi connectivity index (χ4v) is 2.44. The largest absolute Gasteiger partial charge is 0.368 e. The van der Waals surface area contributed by atoms with Crippen molar-refractivity contribution < 1.29 is 18.4 Å². The molecule has 0 aliphatic heterocycles. The number of nitrogens with one attached hydrogen (secondary N) is 2. The Hall–Kier alpha value is -3.29. The van der Waals surface area contributed by atoms with Crippen molar-refractivity contribution in [2.45, 2.75) is 13.0 Å². The lowest BCUT2D eigenvalue weighted by molar-refractivity contribution is -0.119.